The monoisotopic (exact) mass is 394 g/mol. The van der Waals surface area contributed by atoms with Gasteiger partial charge < -0.3 is 10.0 Å². The zero-order valence-corrected chi connectivity index (χ0v) is 16.2. The molecule has 0 bridgehead atoms. The smallest absolute Gasteiger partial charge is 0.308 e. The molecule has 1 amide bonds. The summed E-state index contributed by atoms with van der Waals surface area (Å²) >= 11 is 0. The number of aliphatic carboxylic acids is 1. The summed E-state index contributed by atoms with van der Waals surface area (Å²) in [5, 5.41) is 9.13. The van der Waals surface area contributed by atoms with E-state index in [1.54, 1.807) is 29.2 Å². The van der Waals surface area contributed by atoms with E-state index in [0.29, 0.717) is 50.2 Å². The standard InChI is InChI=1S/C19H26N2O5S/c22-18(20-11-3-4-16(14-20)19(23)24)10-7-15-5-8-17(9-6-15)27(25,26)21-12-1-2-13-21/h5-6,8-9,16H,1-4,7,10-14H2,(H,23,24)/t16-/m0/s1. The van der Waals surface area contributed by atoms with Crippen LogP contribution in [-0.2, 0) is 26.0 Å². The van der Waals surface area contributed by atoms with Crippen molar-refractivity contribution in [3.8, 4) is 0 Å². The summed E-state index contributed by atoms with van der Waals surface area (Å²) in [5.74, 6) is -1.37. The number of carboxylic acids is 1. The molecule has 0 aromatic heterocycles. The van der Waals surface area contributed by atoms with E-state index in [1.807, 2.05) is 0 Å². The number of amides is 1. The predicted molar refractivity (Wildman–Crippen MR) is 99.7 cm³/mol. The van der Waals surface area contributed by atoms with Crippen molar-refractivity contribution >= 4 is 21.9 Å². The number of hydrogen-bond donors (Lipinski definition) is 1. The Hall–Kier alpha value is -1.93. The van der Waals surface area contributed by atoms with Crippen molar-refractivity contribution in [3.63, 3.8) is 0 Å². The molecule has 2 aliphatic rings. The number of hydrogen-bond acceptors (Lipinski definition) is 4. The van der Waals surface area contributed by atoms with Gasteiger partial charge in [0.2, 0.25) is 15.9 Å². The van der Waals surface area contributed by atoms with E-state index in [1.165, 1.54) is 4.31 Å². The molecule has 2 saturated heterocycles. The zero-order valence-electron chi connectivity index (χ0n) is 15.3. The summed E-state index contributed by atoms with van der Waals surface area (Å²) in [6, 6.07) is 6.72. The van der Waals surface area contributed by atoms with Crippen molar-refractivity contribution in [1.82, 2.24) is 9.21 Å². The van der Waals surface area contributed by atoms with Gasteiger partial charge in [0.05, 0.1) is 10.8 Å². The summed E-state index contributed by atoms with van der Waals surface area (Å²) in [5.41, 5.74) is 0.899. The maximum absolute atomic E-state index is 12.5. The van der Waals surface area contributed by atoms with Gasteiger partial charge in [-0.3, -0.25) is 9.59 Å². The van der Waals surface area contributed by atoms with Gasteiger partial charge in [-0.1, -0.05) is 12.1 Å². The van der Waals surface area contributed by atoms with Crippen LogP contribution in [0.2, 0.25) is 0 Å². The van der Waals surface area contributed by atoms with Gasteiger partial charge in [0, 0.05) is 32.6 Å². The lowest BCUT2D eigenvalue weighted by atomic mass is 9.97. The first-order chi connectivity index (χ1) is 12.9. The molecule has 8 heteroatoms. The Morgan fingerprint density at radius 2 is 1.70 bits per heavy atom. The van der Waals surface area contributed by atoms with Crippen LogP contribution in [0.15, 0.2) is 29.2 Å². The molecule has 3 rings (SSSR count). The average molecular weight is 394 g/mol. The highest BCUT2D eigenvalue weighted by atomic mass is 32.2. The fraction of sp³-hybridized carbons (Fsp3) is 0.579. The van der Waals surface area contributed by atoms with Crippen LogP contribution in [0.5, 0.6) is 0 Å². The van der Waals surface area contributed by atoms with E-state index in [4.69, 9.17) is 5.11 Å². The highest BCUT2D eigenvalue weighted by molar-refractivity contribution is 7.89. The van der Waals surface area contributed by atoms with Crippen LogP contribution in [0.3, 0.4) is 0 Å². The number of likely N-dealkylation sites (tertiary alicyclic amines) is 1. The molecule has 0 radical (unpaired) electrons. The van der Waals surface area contributed by atoms with Crippen molar-refractivity contribution in [1.29, 1.82) is 0 Å². The molecule has 0 unspecified atom stereocenters. The molecule has 7 nitrogen and oxygen atoms in total. The highest BCUT2D eigenvalue weighted by Gasteiger charge is 2.28. The minimum absolute atomic E-state index is 0.0466. The largest absolute Gasteiger partial charge is 0.481 e. The molecule has 0 saturated carbocycles. The number of sulfonamides is 1. The normalized spacial score (nSPS) is 21.3. The Balaban J connectivity index is 1.55. The lowest BCUT2D eigenvalue weighted by Crippen LogP contribution is -2.42. The third-order valence-electron chi connectivity index (χ3n) is 5.38. The van der Waals surface area contributed by atoms with Crippen molar-refractivity contribution in [2.24, 2.45) is 5.92 Å². The van der Waals surface area contributed by atoms with Crippen molar-refractivity contribution in [3.05, 3.63) is 29.8 Å². The van der Waals surface area contributed by atoms with Crippen LogP contribution in [-0.4, -0.2) is 60.8 Å². The van der Waals surface area contributed by atoms with Crippen molar-refractivity contribution < 1.29 is 23.1 Å². The molecule has 2 aliphatic heterocycles. The second-order valence-corrected chi connectivity index (χ2v) is 9.21. The molecular formula is C19H26N2O5S. The molecule has 0 spiro atoms. The van der Waals surface area contributed by atoms with Gasteiger partial charge in [-0.15, -0.1) is 0 Å². The van der Waals surface area contributed by atoms with E-state index in [-0.39, 0.29) is 12.5 Å². The molecule has 1 atom stereocenters. The van der Waals surface area contributed by atoms with Gasteiger partial charge in [-0.2, -0.15) is 4.31 Å². The van der Waals surface area contributed by atoms with Gasteiger partial charge in [0.1, 0.15) is 0 Å². The fourth-order valence-electron chi connectivity index (χ4n) is 3.72. The van der Waals surface area contributed by atoms with E-state index in [9.17, 15) is 18.0 Å². The number of rotatable bonds is 6. The Morgan fingerprint density at radius 1 is 1.04 bits per heavy atom. The van der Waals surface area contributed by atoms with Crippen LogP contribution in [0.25, 0.3) is 0 Å². The van der Waals surface area contributed by atoms with E-state index >= 15 is 0 Å². The molecule has 148 valence electrons. The Morgan fingerprint density at radius 3 is 2.33 bits per heavy atom. The lowest BCUT2D eigenvalue weighted by molar-refractivity contribution is -0.145. The van der Waals surface area contributed by atoms with Crippen molar-refractivity contribution in [2.45, 2.75) is 43.4 Å². The van der Waals surface area contributed by atoms with Gasteiger partial charge in [-0.25, -0.2) is 8.42 Å². The minimum Gasteiger partial charge on any atom is -0.481 e. The summed E-state index contributed by atoms with van der Waals surface area (Å²) in [6.45, 7) is 2.04. The number of benzene rings is 1. The quantitative estimate of drug-likeness (QED) is 0.793. The number of carbonyl (C=O) groups excluding carboxylic acids is 1. The predicted octanol–water partition coefficient (Wildman–Crippen LogP) is 1.73. The summed E-state index contributed by atoms with van der Waals surface area (Å²) in [4.78, 5) is 25.4. The molecule has 0 aliphatic carbocycles. The number of piperidine rings is 1. The van der Waals surface area contributed by atoms with Crippen LogP contribution >= 0.6 is 0 Å². The number of carboxylic acid groups (broad SMARTS) is 1. The first kappa shape index (κ1) is 19.8. The minimum atomic E-state index is -3.42. The highest BCUT2D eigenvalue weighted by Crippen LogP contribution is 2.22. The van der Waals surface area contributed by atoms with E-state index in [0.717, 1.165) is 18.4 Å². The molecule has 2 heterocycles. The van der Waals surface area contributed by atoms with E-state index in [2.05, 4.69) is 0 Å². The maximum atomic E-state index is 12.5. The van der Waals surface area contributed by atoms with Gasteiger partial charge in [0.15, 0.2) is 0 Å². The Kier molecular flexibility index (Phi) is 6.16. The molecule has 1 aromatic carbocycles. The molecule has 1 aromatic rings. The molecule has 2 fully saturated rings. The van der Waals surface area contributed by atoms with E-state index < -0.39 is 21.9 Å². The van der Waals surface area contributed by atoms with Gasteiger partial charge >= 0.3 is 5.97 Å². The van der Waals surface area contributed by atoms with Crippen molar-refractivity contribution in [2.75, 3.05) is 26.2 Å². The fourth-order valence-corrected chi connectivity index (χ4v) is 5.24. The maximum Gasteiger partial charge on any atom is 0.308 e. The van der Waals surface area contributed by atoms with Crippen LogP contribution in [0.4, 0.5) is 0 Å². The molecular weight excluding hydrogens is 368 g/mol. The lowest BCUT2D eigenvalue weighted by Gasteiger charge is -2.30. The topological polar surface area (TPSA) is 95.0 Å². The number of aryl methyl sites for hydroxylation is 1. The molecule has 27 heavy (non-hydrogen) atoms. The summed E-state index contributed by atoms with van der Waals surface area (Å²) in [6.07, 6.45) is 3.94. The number of nitrogens with zero attached hydrogens (tertiary/aromatic N) is 2. The average Bonchev–Trinajstić information content (AvgIpc) is 3.22. The molecule has 1 N–H and O–H groups in total. The number of carbonyl (C=O) groups is 2. The zero-order chi connectivity index (χ0) is 19.4. The van der Waals surface area contributed by atoms with Gasteiger partial charge in [0.25, 0.3) is 0 Å². The van der Waals surface area contributed by atoms with Crippen LogP contribution in [0.1, 0.15) is 37.7 Å². The Bertz CT molecular complexity index is 785. The first-order valence-electron chi connectivity index (χ1n) is 9.47. The SMILES string of the molecule is O=C(O)[C@H]1CCCN(C(=O)CCc2ccc(S(=O)(=O)N3CCCC3)cc2)C1. The second-order valence-electron chi connectivity index (χ2n) is 7.27. The first-order valence-corrected chi connectivity index (χ1v) is 10.9. The Labute approximate surface area is 160 Å². The summed E-state index contributed by atoms with van der Waals surface area (Å²) in [7, 11) is -3.42. The van der Waals surface area contributed by atoms with Crippen LogP contribution < -0.4 is 0 Å². The third-order valence-corrected chi connectivity index (χ3v) is 7.29. The third kappa shape index (κ3) is 4.68. The van der Waals surface area contributed by atoms with Crippen LogP contribution in [0, 0.1) is 5.92 Å². The summed E-state index contributed by atoms with van der Waals surface area (Å²) < 4.78 is 26.6. The van der Waals surface area contributed by atoms with Gasteiger partial charge in [-0.05, 0) is 49.8 Å². The second kappa shape index (κ2) is 8.39.